The van der Waals surface area contributed by atoms with E-state index in [9.17, 15) is 14.9 Å². The van der Waals surface area contributed by atoms with Gasteiger partial charge in [-0.3, -0.25) is 14.9 Å². The van der Waals surface area contributed by atoms with E-state index in [-0.39, 0.29) is 29.2 Å². The highest BCUT2D eigenvalue weighted by molar-refractivity contribution is 5.78. The Hall–Kier alpha value is -3.63. The highest BCUT2D eigenvalue weighted by atomic mass is 16.6. The molecule has 11 heteroatoms. The average Bonchev–Trinajstić information content (AvgIpc) is 2.79. The molecule has 1 aromatic heterocycles. The first kappa shape index (κ1) is 22.1. The number of anilines is 3. The van der Waals surface area contributed by atoms with Crippen LogP contribution in [0.2, 0.25) is 0 Å². The molecular weight excluding hydrogens is 406 g/mol. The molecule has 3 rings (SSSR count). The average molecular weight is 431 g/mol. The quantitative estimate of drug-likeness (QED) is 0.378. The van der Waals surface area contributed by atoms with Crippen molar-refractivity contribution in [3.05, 3.63) is 34.6 Å². The highest BCUT2D eigenvalue weighted by Gasteiger charge is 2.33. The summed E-state index contributed by atoms with van der Waals surface area (Å²) in [6.45, 7) is 2.88. The molecule has 1 saturated heterocycles. The Balaban J connectivity index is 1.93. The van der Waals surface area contributed by atoms with Crippen LogP contribution in [0.1, 0.15) is 19.8 Å². The van der Waals surface area contributed by atoms with Crippen LogP contribution in [0.5, 0.6) is 11.5 Å². The van der Waals surface area contributed by atoms with E-state index in [0.29, 0.717) is 49.7 Å². The molecule has 1 N–H and O–H groups in total. The topological polar surface area (TPSA) is 129 Å². The standard InChI is InChI=1S/C20H25N5O6/c1-4-31-20(26)13-6-5-9-24(11-13)19-17(25(27)28)18(21-12-22-19)23-15-8-7-14(29-2)10-16(15)30-3/h7-8,10,12-13H,4-6,9,11H2,1-3H3,(H,21,22,23). The van der Waals surface area contributed by atoms with Gasteiger partial charge in [0.05, 0.1) is 37.4 Å². The lowest BCUT2D eigenvalue weighted by molar-refractivity contribution is -0.383. The molecule has 31 heavy (non-hydrogen) atoms. The lowest BCUT2D eigenvalue weighted by Gasteiger charge is -2.32. The number of hydrogen-bond donors (Lipinski definition) is 1. The van der Waals surface area contributed by atoms with E-state index < -0.39 is 4.92 Å². The third-order valence-corrected chi connectivity index (χ3v) is 4.99. The number of hydrogen-bond acceptors (Lipinski definition) is 10. The Morgan fingerprint density at radius 1 is 1.32 bits per heavy atom. The highest BCUT2D eigenvalue weighted by Crippen LogP contribution is 2.38. The predicted octanol–water partition coefficient (Wildman–Crippen LogP) is 2.93. The minimum atomic E-state index is -0.526. The van der Waals surface area contributed by atoms with Crippen LogP contribution in [0.15, 0.2) is 24.5 Å². The van der Waals surface area contributed by atoms with Crippen LogP contribution < -0.4 is 19.7 Å². The van der Waals surface area contributed by atoms with Crippen molar-refractivity contribution in [3.63, 3.8) is 0 Å². The van der Waals surface area contributed by atoms with E-state index in [1.165, 1.54) is 20.5 Å². The van der Waals surface area contributed by atoms with Crippen LogP contribution in [-0.2, 0) is 9.53 Å². The second-order valence-electron chi connectivity index (χ2n) is 6.88. The maximum Gasteiger partial charge on any atom is 0.353 e. The predicted molar refractivity (Wildman–Crippen MR) is 113 cm³/mol. The summed E-state index contributed by atoms with van der Waals surface area (Å²) >= 11 is 0. The lowest BCUT2D eigenvalue weighted by atomic mass is 9.98. The van der Waals surface area contributed by atoms with E-state index in [0.717, 1.165) is 0 Å². The Labute approximate surface area is 179 Å². The second-order valence-corrected chi connectivity index (χ2v) is 6.88. The van der Waals surface area contributed by atoms with Gasteiger partial charge in [-0.2, -0.15) is 0 Å². The number of nitro groups is 1. The summed E-state index contributed by atoms with van der Waals surface area (Å²) in [5, 5.41) is 14.9. The van der Waals surface area contributed by atoms with Gasteiger partial charge in [-0.15, -0.1) is 0 Å². The smallest absolute Gasteiger partial charge is 0.353 e. The maximum absolute atomic E-state index is 12.2. The number of benzene rings is 1. The Kier molecular flexibility index (Phi) is 7.06. The minimum absolute atomic E-state index is 0.0247. The molecule has 1 fully saturated rings. The van der Waals surface area contributed by atoms with E-state index in [2.05, 4.69) is 15.3 Å². The zero-order chi connectivity index (χ0) is 22.4. The fourth-order valence-corrected chi connectivity index (χ4v) is 3.51. The zero-order valence-electron chi connectivity index (χ0n) is 17.7. The molecule has 1 aliphatic heterocycles. The monoisotopic (exact) mass is 431 g/mol. The molecular formula is C20H25N5O6. The van der Waals surface area contributed by atoms with Crippen LogP contribution in [-0.4, -0.2) is 54.8 Å². The first-order chi connectivity index (χ1) is 15.0. The molecule has 2 heterocycles. The number of rotatable bonds is 8. The van der Waals surface area contributed by atoms with Gasteiger partial charge >= 0.3 is 11.7 Å². The van der Waals surface area contributed by atoms with E-state index in [1.54, 1.807) is 30.0 Å². The van der Waals surface area contributed by atoms with Gasteiger partial charge in [-0.05, 0) is 31.9 Å². The van der Waals surface area contributed by atoms with E-state index in [1.807, 2.05) is 0 Å². The molecule has 1 atom stereocenters. The number of nitrogens with zero attached hydrogens (tertiary/aromatic N) is 4. The number of esters is 1. The van der Waals surface area contributed by atoms with Crippen molar-refractivity contribution in [2.24, 2.45) is 5.92 Å². The van der Waals surface area contributed by atoms with Gasteiger partial charge < -0.3 is 24.4 Å². The molecule has 0 spiro atoms. The van der Waals surface area contributed by atoms with Crippen LogP contribution in [0.25, 0.3) is 0 Å². The number of ether oxygens (including phenoxy) is 3. The van der Waals surface area contributed by atoms with Gasteiger partial charge in [0.15, 0.2) is 0 Å². The van der Waals surface area contributed by atoms with Crippen LogP contribution in [0, 0.1) is 16.0 Å². The molecule has 1 unspecified atom stereocenters. The number of nitrogens with one attached hydrogen (secondary N) is 1. The van der Waals surface area contributed by atoms with Crippen molar-refractivity contribution in [1.82, 2.24) is 9.97 Å². The third-order valence-electron chi connectivity index (χ3n) is 4.99. The van der Waals surface area contributed by atoms with Crippen LogP contribution in [0.3, 0.4) is 0 Å². The zero-order valence-corrected chi connectivity index (χ0v) is 17.7. The SMILES string of the molecule is CCOC(=O)C1CCCN(c2ncnc(Nc3ccc(OC)cc3OC)c2[N+](=O)[O-])C1. The lowest BCUT2D eigenvalue weighted by Crippen LogP contribution is -2.40. The van der Waals surface area contributed by atoms with Gasteiger partial charge in [-0.1, -0.05) is 0 Å². The van der Waals surface area contributed by atoms with Gasteiger partial charge in [0.1, 0.15) is 17.8 Å². The van der Waals surface area contributed by atoms with Crippen molar-refractivity contribution in [3.8, 4) is 11.5 Å². The first-order valence-corrected chi connectivity index (χ1v) is 9.88. The number of piperidine rings is 1. The van der Waals surface area contributed by atoms with Crippen LogP contribution >= 0.6 is 0 Å². The molecule has 0 bridgehead atoms. The fraction of sp³-hybridized carbons (Fsp3) is 0.450. The number of aromatic nitrogens is 2. The molecule has 1 aliphatic rings. The molecule has 0 radical (unpaired) electrons. The molecule has 0 amide bonds. The molecule has 11 nitrogen and oxygen atoms in total. The summed E-state index contributed by atoms with van der Waals surface area (Å²) in [7, 11) is 3.02. The van der Waals surface area contributed by atoms with Crippen molar-refractivity contribution >= 4 is 29.0 Å². The third kappa shape index (κ3) is 4.93. The number of carbonyl (C=O) groups is 1. The number of methoxy groups -OCH3 is 2. The maximum atomic E-state index is 12.2. The summed E-state index contributed by atoms with van der Waals surface area (Å²) in [5.74, 6) is 0.542. The van der Waals surface area contributed by atoms with Crippen molar-refractivity contribution < 1.29 is 23.9 Å². The van der Waals surface area contributed by atoms with Crippen molar-refractivity contribution in [2.45, 2.75) is 19.8 Å². The largest absolute Gasteiger partial charge is 0.497 e. The summed E-state index contributed by atoms with van der Waals surface area (Å²) < 4.78 is 15.7. The number of carbonyl (C=O) groups excluding carboxylic acids is 1. The molecule has 2 aromatic rings. The van der Waals surface area contributed by atoms with Crippen molar-refractivity contribution in [1.29, 1.82) is 0 Å². The Bertz CT molecular complexity index is 954. The van der Waals surface area contributed by atoms with E-state index in [4.69, 9.17) is 14.2 Å². The van der Waals surface area contributed by atoms with Gasteiger partial charge in [0, 0.05) is 19.2 Å². The summed E-state index contributed by atoms with van der Waals surface area (Å²) in [4.78, 5) is 33.6. The molecule has 0 saturated carbocycles. The normalized spacial score (nSPS) is 15.8. The molecule has 0 aliphatic carbocycles. The summed E-state index contributed by atoms with van der Waals surface area (Å²) in [5.41, 5.74) is 0.212. The van der Waals surface area contributed by atoms with Gasteiger partial charge in [0.2, 0.25) is 11.6 Å². The Morgan fingerprint density at radius 3 is 2.81 bits per heavy atom. The van der Waals surface area contributed by atoms with E-state index >= 15 is 0 Å². The first-order valence-electron chi connectivity index (χ1n) is 9.88. The Morgan fingerprint density at radius 2 is 2.13 bits per heavy atom. The molecule has 166 valence electrons. The summed E-state index contributed by atoms with van der Waals surface area (Å²) in [6, 6.07) is 5.04. The fourth-order valence-electron chi connectivity index (χ4n) is 3.51. The van der Waals surface area contributed by atoms with Crippen LogP contribution in [0.4, 0.5) is 23.0 Å². The van der Waals surface area contributed by atoms with Gasteiger partial charge in [-0.25, -0.2) is 9.97 Å². The van der Waals surface area contributed by atoms with Gasteiger partial charge in [0.25, 0.3) is 0 Å². The molecule has 1 aromatic carbocycles. The summed E-state index contributed by atoms with van der Waals surface area (Å²) in [6.07, 6.45) is 2.62. The second kappa shape index (κ2) is 9.92. The van der Waals surface area contributed by atoms with Crippen molar-refractivity contribution in [2.75, 3.05) is 44.1 Å². The minimum Gasteiger partial charge on any atom is -0.497 e.